The van der Waals surface area contributed by atoms with E-state index in [-0.39, 0.29) is 26.2 Å². The summed E-state index contributed by atoms with van der Waals surface area (Å²) in [6.45, 7) is 0. The second-order valence-corrected chi connectivity index (χ2v) is 8.90. The van der Waals surface area contributed by atoms with Crippen LogP contribution in [0.1, 0.15) is 11.1 Å². The van der Waals surface area contributed by atoms with Gasteiger partial charge in [-0.2, -0.15) is 26.3 Å². The van der Waals surface area contributed by atoms with Gasteiger partial charge in [0.1, 0.15) is 0 Å². The number of alkyl halides is 6. The van der Waals surface area contributed by atoms with E-state index >= 15 is 0 Å². The van der Waals surface area contributed by atoms with Gasteiger partial charge in [0.25, 0.3) is 0 Å². The molecule has 0 radical (unpaired) electrons. The standard InChI is InChI=1S/2C16H10F3.Zr/c2*17-16(18,19)15-7-5-11(6-8-15)14-9-12-3-1-2-4-13(12)10-14;/h2*1-10H;/q2*-1;+2. The second-order valence-electron chi connectivity index (χ2n) is 8.90. The van der Waals surface area contributed by atoms with Crippen LogP contribution < -0.4 is 0 Å². The van der Waals surface area contributed by atoms with Crippen LogP contribution in [0.15, 0.2) is 121 Å². The average molecular weight is 610 g/mol. The molecule has 0 unspecified atom stereocenters. The monoisotopic (exact) mass is 608 g/mol. The molecule has 0 spiro atoms. The van der Waals surface area contributed by atoms with Gasteiger partial charge in [0.05, 0.1) is 11.1 Å². The summed E-state index contributed by atoms with van der Waals surface area (Å²) in [7, 11) is 0. The summed E-state index contributed by atoms with van der Waals surface area (Å²) in [6.07, 6.45) is -8.56. The number of fused-ring (bicyclic) bond motifs is 2. The van der Waals surface area contributed by atoms with Gasteiger partial charge < -0.3 is 0 Å². The Balaban J connectivity index is 0.000000176. The Bertz CT molecular complexity index is 1470. The van der Waals surface area contributed by atoms with Crippen LogP contribution in [-0.2, 0) is 38.6 Å². The molecule has 0 saturated carbocycles. The molecule has 194 valence electrons. The maximum Gasteiger partial charge on any atom is 2.00 e. The molecular weight excluding hydrogens is 590 g/mol. The number of hydrogen-bond acceptors (Lipinski definition) is 0. The zero-order valence-electron chi connectivity index (χ0n) is 20.3. The number of halogens is 6. The predicted molar refractivity (Wildman–Crippen MR) is 140 cm³/mol. The topological polar surface area (TPSA) is 0 Å². The number of rotatable bonds is 2. The van der Waals surface area contributed by atoms with E-state index in [1.54, 1.807) is 0 Å². The Hall–Kier alpha value is -3.44. The minimum atomic E-state index is -4.28. The van der Waals surface area contributed by atoms with Crippen LogP contribution in [0.4, 0.5) is 26.3 Å². The zero-order valence-corrected chi connectivity index (χ0v) is 22.8. The van der Waals surface area contributed by atoms with E-state index in [0.717, 1.165) is 68.1 Å². The van der Waals surface area contributed by atoms with Crippen molar-refractivity contribution in [1.29, 1.82) is 0 Å². The zero-order chi connectivity index (χ0) is 26.9. The molecule has 0 saturated heterocycles. The Morgan fingerprint density at radius 2 is 0.769 bits per heavy atom. The molecule has 7 heteroatoms. The first-order valence-electron chi connectivity index (χ1n) is 11.7. The van der Waals surface area contributed by atoms with E-state index in [4.69, 9.17) is 0 Å². The summed E-state index contributed by atoms with van der Waals surface area (Å²) in [4.78, 5) is 0. The van der Waals surface area contributed by atoms with Crippen LogP contribution in [0, 0.1) is 0 Å². The normalized spacial score (nSPS) is 11.6. The van der Waals surface area contributed by atoms with Crippen molar-refractivity contribution in [2.75, 3.05) is 0 Å². The molecule has 0 aliphatic carbocycles. The molecule has 0 aromatic heterocycles. The Kier molecular flexibility index (Phi) is 8.32. The smallest absolute Gasteiger partial charge is 0.166 e. The average Bonchev–Trinajstić information content (AvgIpc) is 3.53. The Labute approximate surface area is 240 Å². The van der Waals surface area contributed by atoms with Gasteiger partial charge in [-0.05, 0) is 0 Å². The van der Waals surface area contributed by atoms with Gasteiger partial charge in [-0.25, -0.2) is 0 Å². The Morgan fingerprint density at radius 3 is 1.08 bits per heavy atom. The molecule has 39 heavy (non-hydrogen) atoms. The molecule has 0 atom stereocenters. The molecule has 6 aromatic rings. The van der Waals surface area contributed by atoms with Gasteiger partial charge in [-0.1, -0.05) is 96.1 Å². The van der Waals surface area contributed by atoms with E-state index in [0.29, 0.717) is 0 Å². The van der Waals surface area contributed by atoms with Crippen molar-refractivity contribution in [3.05, 3.63) is 132 Å². The van der Waals surface area contributed by atoms with Crippen molar-refractivity contribution in [3.63, 3.8) is 0 Å². The fraction of sp³-hybridized carbons (Fsp3) is 0.0625. The van der Waals surface area contributed by atoms with Crippen molar-refractivity contribution in [2.24, 2.45) is 0 Å². The molecule has 0 fully saturated rings. The van der Waals surface area contributed by atoms with Crippen LogP contribution in [0.25, 0.3) is 43.8 Å². The largest absolute Gasteiger partial charge is 2.00 e. The van der Waals surface area contributed by atoms with Gasteiger partial charge in [0.2, 0.25) is 0 Å². The first-order valence-corrected chi connectivity index (χ1v) is 11.7. The van der Waals surface area contributed by atoms with Crippen LogP contribution in [0.5, 0.6) is 0 Å². The third-order valence-corrected chi connectivity index (χ3v) is 6.33. The van der Waals surface area contributed by atoms with Crippen LogP contribution >= 0.6 is 0 Å². The summed E-state index contributed by atoms with van der Waals surface area (Å²) < 4.78 is 74.9. The summed E-state index contributed by atoms with van der Waals surface area (Å²) in [5, 5.41) is 4.38. The molecule has 0 heterocycles. The minimum absolute atomic E-state index is 0. The third kappa shape index (κ3) is 6.59. The van der Waals surface area contributed by atoms with Crippen molar-refractivity contribution in [3.8, 4) is 22.3 Å². The number of hydrogen-bond donors (Lipinski definition) is 0. The van der Waals surface area contributed by atoms with E-state index in [2.05, 4.69) is 0 Å². The fourth-order valence-corrected chi connectivity index (χ4v) is 4.34. The summed E-state index contributed by atoms with van der Waals surface area (Å²) in [5.74, 6) is 0. The van der Waals surface area contributed by atoms with Gasteiger partial charge >= 0.3 is 38.6 Å². The van der Waals surface area contributed by atoms with Gasteiger partial charge in [-0.15, -0.1) is 69.1 Å². The van der Waals surface area contributed by atoms with Crippen molar-refractivity contribution in [2.45, 2.75) is 12.4 Å². The molecule has 0 amide bonds. The van der Waals surface area contributed by atoms with Gasteiger partial charge in [0, 0.05) is 0 Å². The maximum absolute atomic E-state index is 12.5. The first kappa shape index (κ1) is 28.6. The summed E-state index contributed by atoms with van der Waals surface area (Å²) in [5.41, 5.74) is 2.23. The molecule has 0 aliphatic rings. The maximum atomic E-state index is 12.5. The quantitative estimate of drug-likeness (QED) is 0.135. The molecular formula is C32H20F6Zr. The van der Waals surface area contributed by atoms with Crippen molar-refractivity contribution in [1.82, 2.24) is 0 Å². The van der Waals surface area contributed by atoms with E-state index in [1.165, 1.54) is 24.3 Å². The minimum Gasteiger partial charge on any atom is -0.166 e. The van der Waals surface area contributed by atoms with Crippen LogP contribution in [0.2, 0.25) is 0 Å². The predicted octanol–water partition coefficient (Wildman–Crippen LogP) is 10.5. The third-order valence-electron chi connectivity index (χ3n) is 6.33. The molecule has 0 bridgehead atoms. The van der Waals surface area contributed by atoms with E-state index in [9.17, 15) is 26.3 Å². The molecule has 0 nitrogen and oxygen atoms in total. The molecule has 0 aliphatic heterocycles. The van der Waals surface area contributed by atoms with E-state index in [1.807, 2.05) is 72.8 Å². The molecule has 6 aromatic carbocycles. The first-order chi connectivity index (χ1) is 18.1. The van der Waals surface area contributed by atoms with Crippen LogP contribution in [0.3, 0.4) is 0 Å². The Morgan fingerprint density at radius 1 is 0.436 bits per heavy atom. The summed E-state index contributed by atoms with van der Waals surface area (Å²) >= 11 is 0. The second kappa shape index (κ2) is 11.4. The van der Waals surface area contributed by atoms with Crippen molar-refractivity contribution >= 4 is 21.5 Å². The van der Waals surface area contributed by atoms with Crippen LogP contribution in [-0.4, -0.2) is 0 Å². The van der Waals surface area contributed by atoms with Gasteiger partial charge in [0.15, 0.2) is 0 Å². The SMILES string of the molecule is FC(F)(F)c1ccc(-c2cc3ccccc3[cH-]2)cc1.FC(F)(F)c1ccc(-c2cc3ccccc3[cH-]2)cc1.[Zr+2]. The molecule has 6 rings (SSSR count). The summed E-state index contributed by atoms with van der Waals surface area (Å²) in [6, 6.07) is 34.2. The number of benzene rings is 4. The van der Waals surface area contributed by atoms with Crippen molar-refractivity contribution < 1.29 is 52.5 Å². The molecule has 0 N–H and O–H groups in total. The fourth-order valence-electron chi connectivity index (χ4n) is 4.34. The van der Waals surface area contributed by atoms with E-state index < -0.39 is 23.5 Å². The van der Waals surface area contributed by atoms with Gasteiger partial charge in [-0.3, -0.25) is 0 Å².